The fraction of sp³-hybridized carbons (Fsp3) is 0.444. The first-order chi connectivity index (χ1) is 11.7. The summed E-state index contributed by atoms with van der Waals surface area (Å²) in [6.07, 6.45) is 4.12. The molecule has 3 rings (SSSR count). The summed E-state index contributed by atoms with van der Waals surface area (Å²) < 4.78 is 0. The lowest BCUT2D eigenvalue weighted by Crippen LogP contribution is -2.59. The molecule has 0 bridgehead atoms. The van der Waals surface area contributed by atoms with Gasteiger partial charge in [0.05, 0.1) is 0 Å². The largest absolute Gasteiger partial charge is 0.361 e. The van der Waals surface area contributed by atoms with Gasteiger partial charge >= 0.3 is 0 Å². The van der Waals surface area contributed by atoms with Crippen molar-refractivity contribution >= 4 is 22.7 Å². The SMILES string of the molecule is CNC(=O)[C@H]1CNCCN1C(=O)CCCc1c[nH]c2ccccc12. The Morgan fingerprint density at radius 3 is 3.00 bits per heavy atom. The predicted octanol–water partition coefficient (Wildman–Crippen LogP) is 1.04. The summed E-state index contributed by atoms with van der Waals surface area (Å²) in [5.41, 5.74) is 2.36. The molecule has 0 saturated carbocycles. The van der Waals surface area contributed by atoms with Gasteiger partial charge in [0.1, 0.15) is 6.04 Å². The molecule has 1 aromatic carbocycles. The van der Waals surface area contributed by atoms with Gasteiger partial charge in [-0.3, -0.25) is 9.59 Å². The predicted molar refractivity (Wildman–Crippen MR) is 93.7 cm³/mol. The van der Waals surface area contributed by atoms with Crippen LogP contribution in [0.5, 0.6) is 0 Å². The van der Waals surface area contributed by atoms with Crippen LogP contribution in [-0.4, -0.2) is 54.4 Å². The van der Waals surface area contributed by atoms with Gasteiger partial charge < -0.3 is 20.5 Å². The van der Waals surface area contributed by atoms with E-state index < -0.39 is 6.04 Å². The van der Waals surface area contributed by atoms with E-state index in [4.69, 9.17) is 0 Å². The van der Waals surface area contributed by atoms with E-state index in [0.717, 1.165) is 24.9 Å². The molecule has 1 saturated heterocycles. The van der Waals surface area contributed by atoms with Crippen molar-refractivity contribution in [2.75, 3.05) is 26.7 Å². The average Bonchev–Trinajstić information content (AvgIpc) is 3.04. The molecule has 1 aliphatic heterocycles. The number of amides is 2. The molecule has 6 nitrogen and oxygen atoms in total. The van der Waals surface area contributed by atoms with Crippen LogP contribution in [0.25, 0.3) is 10.9 Å². The lowest BCUT2D eigenvalue weighted by molar-refractivity contribution is -0.141. The maximum Gasteiger partial charge on any atom is 0.243 e. The maximum atomic E-state index is 12.5. The Hall–Kier alpha value is -2.34. The molecule has 128 valence electrons. The Morgan fingerprint density at radius 2 is 2.17 bits per heavy atom. The lowest BCUT2D eigenvalue weighted by atomic mass is 10.1. The number of aromatic nitrogens is 1. The summed E-state index contributed by atoms with van der Waals surface area (Å²) in [6, 6.07) is 7.79. The number of hydrogen-bond donors (Lipinski definition) is 3. The van der Waals surface area contributed by atoms with Crippen LogP contribution in [0.1, 0.15) is 18.4 Å². The number of aromatic amines is 1. The van der Waals surface area contributed by atoms with Crippen LogP contribution in [0.4, 0.5) is 0 Å². The second-order valence-electron chi connectivity index (χ2n) is 6.13. The van der Waals surface area contributed by atoms with Gasteiger partial charge in [0.25, 0.3) is 0 Å². The minimum absolute atomic E-state index is 0.0601. The van der Waals surface area contributed by atoms with Crippen LogP contribution in [0.15, 0.2) is 30.5 Å². The van der Waals surface area contributed by atoms with E-state index in [-0.39, 0.29) is 11.8 Å². The third-order valence-electron chi connectivity index (χ3n) is 4.62. The number of nitrogens with zero attached hydrogens (tertiary/aromatic N) is 1. The van der Waals surface area contributed by atoms with E-state index in [1.165, 1.54) is 10.9 Å². The molecular weight excluding hydrogens is 304 g/mol. The third kappa shape index (κ3) is 3.43. The third-order valence-corrected chi connectivity index (χ3v) is 4.62. The van der Waals surface area contributed by atoms with Gasteiger partial charge in [0.15, 0.2) is 0 Å². The fourth-order valence-corrected chi connectivity index (χ4v) is 3.32. The highest BCUT2D eigenvalue weighted by Crippen LogP contribution is 2.20. The van der Waals surface area contributed by atoms with Gasteiger partial charge in [-0.2, -0.15) is 0 Å². The van der Waals surface area contributed by atoms with Crippen molar-refractivity contribution in [1.82, 2.24) is 20.5 Å². The molecule has 0 unspecified atom stereocenters. The summed E-state index contributed by atoms with van der Waals surface area (Å²) in [4.78, 5) is 29.4. The lowest BCUT2D eigenvalue weighted by Gasteiger charge is -2.35. The van der Waals surface area contributed by atoms with Gasteiger partial charge in [-0.05, 0) is 24.5 Å². The Labute approximate surface area is 141 Å². The highest BCUT2D eigenvalue weighted by atomic mass is 16.2. The first-order valence-corrected chi connectivity index (χ1v) is 8.47. The molecule has 0 spiro atoms. The topological polar surface area (TPSA) is 77.2 Å². The standard InChI is InChI=1S/C18H24N4O2/c1-19-18(24)16-12-20-9-10-22(16)17(23)8-4-5-13-11-21-15-7-3-2-6-14(13)15/h2-3,6-7,11,16,20-21H,4-5,8-10,12H2,1H3,(H,19,24)/t16-/m1/s1. The van der Waals surface area contributed by atoms with Crippen molar-refractivity contribution in [3.05, 3.63) is 36.0 Å². The number of likely N-dealkylation sites (N-methyl/N-ethyl adjacent to an activating group) is 1. The Kier molecular flexibility index (Phi) is 5.15. The molecule has 2 aromatic rings. The number of aryl methyl sites for hydroxylation is 1. The number of carbonyl (C=O) groups is 2. The summed E-state index contributed by atoms with van der Waals surface area (Å²) in [7, 11) is 1.61. The summed E-state index contributed by atoms with van der Waals surface area (Å²) in [5.74, 6) is -0.0443. The van der Waals surface area contributed by atoms with Crippen LogP contribution in [0.3, 0.4) is 0 Å². The zero-order chi connectivity index (χ0) is 16.9. The zero-order valence-electron chi connectivity index (χ0n) is 14.0. The number of piperazine rings is 1. The van der Waals surface area contributed by atoms with E-state index in [0.29, 0.717) is 19.5 Å². The number of hydrogen-bond acceptors (Lipinski definition) is 3. The fourth-order valence-electron chi connectivity index (χ4n) is 3.32. The molecular formula is C18H24N4O2. The number of nitrogens with one attached hydrogen (secondary N) is 3. The van der Waals surface area contributed by atoms with E-state index in [2.05, 4.69) is 27.8 Å². The highest BCUT2D eigenvalue weighted by Gasteiger charge is 2.30. The number of fused-ring (bicyclic) bond motifs is 1. The maximum absolute atomic E-state index is 12.5. The molecule has 0 aliphatic carbocycles. The number of para-hydroxylation sites is 1. The highest BCUT2D eigenvalue weighted by molar-refractivity contribution is 5.88. The van der Waals surface area contributed by atoms with Gasteiger partial charge in [0.2, 0.25) is 11.8 Å². The van der Waals surface area contributed by atoms with E-state index in [1.807, 2.05) is 18.3 Å². The molecule has 1 aromatic heterocycles. The first kappa shape index (κ1) is 16.5. The van der Waals surface area contributed by atoms with Crippen molar-refractivity contribution in [3.63, 3.8) is 0 Å². The van der Waals surface area contributed by atoms with Gasteiger partial charge in [-0.1, -0.05) is 18.2 Å². The van der Waals surface area contributed by atoms with Crippen molar-refractivity contribution in [2.45, 2.75) is 25.3 Å². The van der Waals surface area contributed by atoms with Crippen molar-refractivity contribution in [1.29, 1.82) is 0 Å². The van der Waals surface area contributed by atoms with E-state index in [9.17, 15) is 9.59 Å². The summed E-state index contributed by atoms with van der Waals surface area (Å²) >= 11 is 0. The number of benzene rings is 1. The number of carbonyl (C=O) groups excluding carboxylic acids is 2. The minimum Gasteiger partial charge on any atom is -0.361 e. The van der Waals surface area contributed by atoms with Gasteiger partial charge in [-0.15, -0.1) is 0 Å². The van der Waals surface area contributed by atoms with Gasteiger partial charge in [-0.25, -0.2) is 0 Å². The second-order valence-corrected chi connectivity index (χ2v) is 6.13. The Morgan fingerprint density at radius 1 is 1.33 bits per heavy atom. The smallest absolute Gasteiger partial charge is 0.243 e. The molecule has 2 heterocycles. The normalized spacial score (nSPS) is 17.9. The quantitative estimate of drug-likeness (QED) is 0.767. The summed E-state index contributed by atoms with van der Waals surface area (Å²) in [5, 5.41) is 7.03. The zero-order valence-corrected chi connectivity index (χ0v) is 14.0. The number of rotatable bonds is 5. The van der Waals surface area contributed by atoms with Crippen LogP contribution in [0.2, 0.25) is 0 Å². The molecule has 0 radical (unpaired) electrons. The first-order valence-electron chi connectivity index (χ1n) is 8.47. The molecule has 2 amide bonds. The molecule has 1 atom stereocenters. The Balaban J connectivity index is 1.57. The molecule has 24 heavy (non-hydrogen) atoms. The molecule has 1 fully saturated rings. The Bertz CT molecular complexity index is 725. The van der Waals surface area contributed by atoms with E-state index >= 15 is 0 Å². The molecule has 6 heteroatoms. The molecule has 1 aliphatic rings. The summed E-state index contributed by atoms with van der Waals surface area (Å²) in [6.45, 7) is 1.85. The van der Waals surface area contributed by atoms with E-state index in [1.54, 1.807) is 11.9 Å². The monoisotopic (exact) mass is 328 g/mol. The van der Waals surface area contributed by atoms with Crippen LogP contribution >= 0.6 is 0 Å². The van der Waals surface area contributed by atoms with Crippen LogP contribution in [0, 0.1) is 0 Å². The average molecular weight is 328 g/mol. The van der Waals surface area contributed by atoms with Crippen molar-refractivity contribution in [2.24, 2.45) is 0 Å². The van der Waals surface area contributed by atoms with Crippen LogP contribution < -0.4 is 10.6 Å². The van der Waals surface area contributed by atoms with Crippen molar-refractivity contribution < 1.29 is 9.59 Å². The second kappa shape index (κ2) is 7.49. The minimum atomic E-state index is -0.399. The molecule has 3 N–H and O–H groups in total. The van der Waals surface area contributed by atoms with Crippen LogP contribution in [-0.2, 0) is 16.0 Å². The number of H-pyrrole nitrogens is 1. The van der Waals surface area contributed by atoms with Gasteiger partial charge in [0, 0.05) is 50.2 Å². The van der Waals surface area contributed by atoms with Crippen molar-refractivity contribution in [3.8, 4) is 0 Å².